The zero-order chi connectivity index (χ0) is 17.8. The zero-order valence-corrected chi connectivity index (χ0v) is 14.4. The first-order chi connectivity index (χ1) is 11.9. The maximum absolute atomic E-state index is 10.8. The molecule has 4 rings (SSSR count). The summed E-state index contributed by atoms with van der Waals surface area (Å²) in [7, 11) is 2.03. The molecule has 128 valence electrons. The van der Waals surface area contributed by atoms with Crippen molar-refractivity contribution < 1.29 is 9.76 Å². The number of fused-ring (bicyclic) bond motifs is 1. The molecule has 0 saturated heterocycles. The summed E-state index contributed by atoms with van der Waals surface area (Å²) in [6.45, 7) is 4.34. The van der Waals surface area contributed by atoms with Crippen molar-refractivity contribution in [2.45, 2.75) is 31.4 Å². The van der Waals surface area contributed by atoms with E-state index in [4.69, 9.17) is 4.84 Å². The van der Waals surface area contributed by atoms with Crippen LogP contribution in [0.4, 0.5) is 11.4 Å². The average molecular weight is 337 g/mol. The number of oxime groups is 1. The highest BCUT2D eigenvalue weighted by molar-refractivity contribution is 6.02. The number of likely N-dealkylation sites (N-methyl/N-ethyl adjacent to an activating group) is 1. The van der Waals surface area contributed by atoms with Gasteiger partial charge in [-0.05, 0) is 37.6 Å². The van der Waals surface area contributed by atoms with Crippen LogP contribution in [-0.2, 0) is 10.3 Å². The molecule has 0 aromatic heterocycles. The summed E-state index contributed by atoms with van der Waals surface area (Å²) in [6, 6.07) is 14.8. The highest BCUT2D eigenvalue weighted by Gasteiger charge is 2.61. The van der Waals surface area contributed by atoms with E-state index < -0.39 is 10.6 Å². The van der Waals surface area contributed by atoms with Gasteiger partial charge in [-0.2, -0.15) is 0 Å². The number of nitro benzene ring substituents is 1. The van der Waals surface area contributed by atoms with Gasteiger partial charge in [0.1, 0.15) is 0 Å². The van der Waals surface area contributed by atoms with Crippen LogP contribution in [0.2, 0.25) is 0 Å². The Hall–Kier alpha value is -2.89. The van der Waals surface area contributed by atoms with Crippen molar-refractivity contribution in [3.05, 3.63) is 69.8 Å². The Morgan fingerprint density at radius 2 is 1.84 bits per heavy atom. The van der Waals surface area contributed by atoms with Gasteiger partial charge < -0.3 is 9.74 Å². The molecule has 6 heteroatoms. The number of hydrogen-bond donors (Lipinski definition) is 0. The van der Waals surface area contributed by atoms with Crippen molar-refractivity contribution in [1.29, 1.82) is 0 Å². The van der Waals surface area contributed by atoms with Crippen molar-refractivity contribution in [3.63, 3.8) is 0 Å². The molecular weight excluding hydrogens is 318 g/mol. The van der Waals surface area contributed by atoms with Gasteiger partial charge in [0.05, 0.1) is 22.5 Å². The van der Waals surface area contributed by atoms with Gasteiger partial charge in [0.2, 0.25) is 5.72 Å². The highest BCUT2D eigenvalue weighted by atomic mass is 16.7. The highest BCUT2D eigenvalue weighted by Crippen LogP contribution is 2.55. The summed E-state index contributed by atoms with van der Waals surface area (Å²) >= 11 is 0. The van der Waals surface area contributed by atoms with Gasteiger partial charge in [-0.3, -0.25) is 10.1 Å². The van der Waals surface area contributed by atoms with Crippen LogP contribution in [0.15, 0.2) is 53.7 Å². The Balaban J connectivity index is 1.68. The largest absolute Gasteiger partial charge is 0.366 e. The summed E-state index contributed by atoms with van der Waals surface area (Å²) < 4.78 is 0. The molecule has 6 nitrogen and oxygen atoms in total. The van der Waals surface area contributed by atoms with E-state index in [9.17, 15) is 10.1 Å². The fraction of sp³-hybridized carbons (Fsp3) is 0.316. The number of rotatable bonds is 2. The quantitative estimate of drug-likeness (QED) is 0.617. The molecule has 1 atom stereocenters. The predicted octanol–water partition coefficient (Wildman–Crippen LogP) is 3.84. The maximum Gasteiger partial charge on any atom is 0.269 e. The first-order valence-corrected chi connectivity index (χ1v) is 8.20. The number of anilines is 1. The van der Waals surface area contributed by atoms with E-state index >= 15 is 0 Å². The normalized spacial score (nSPS) is 23.3. The summed E-state index contributed by atoms with van der Waals surface area (Å²) in [4.78, 5) is 18.6. The average Bonchev–Trinajstić information content (AvgIpc) is 3.13. The second-order valence-corrected chi connectivity index (χ2v) is 7.10. The third-order valence-electron chi connectivity index (χ3n) is 5.58. The van der Waals surface area contributed by atoms with E-state index in [1.54, 1.807) is 12.1 Å². The lowest BCUT2D eigenvalue weighted by Gasteiger charge is -2.40. The number of benzene rings is 2. The monoisotopic (exact) mass is 337 g/mol. The van der Waals surface area contributed by atoms with Crippen molar-refractivity contribution in [1.82, 2.24) is 0 Å². The third kappa shape index (κ3) is 2.00. The SMILES string of the molecule is CN1c2ccccc2C(C)(C)C12CC(c1ccc([N+](=O)[O-])cc1)=NO2. The van der Waals surface area contributed by atoms with Gasteiger partial charge in [-0.1, -0.05) is 23.4 Å². The van der Waals surface area contributed by atoms with Crippen LogP contribution >= 0.6 is 0 Å². The molecule has 0 radical (unpaired) electrons. The molecule has 0 N–H and O–H groups in total. The van der Waals surface area contributed by atoms with Crippen LogP contribution in [0.3, 0.4) is 0 Å². The Kier molecular flexibility index (Phi) is 3.16. The lowest BCUT2D eigenvalue weighted by atomic mass is 9.75. The Bertz CT molecular complexity index is 889. The lowest BCUT2D eigenvalue weighted by molar-refractivity contribution is -0.384. The number of nitro groups is 1. The molecule has 2 aliphatic heterocycles. The van der Waals surface area contributed by atoms with Crippen molar-refractivity contribution in [3.8, 4) is 0 Å². The van der Waals surface area contributed by atoms with Crippen LogP contribution in [0.25, 0.3) is 0 Å². The molecule has 1 spiro atoms. The smallest absolute Gasteiger partial charge is 0.269 e. The standard InChI is InChI=1S/C19H19N3O3/c1-18(2)15-6-4-5-7-17(15)21(3)19(18)12-16(20-25-19)13-8-10-14(11-9-13)22(23)24/h4-11H,12H2,1-3H3. The summed E-state index contributed by atoms with van der Waals surface area (Å²) in [6.07, 6.45) is 0.614. The molecule has 2 aromatic carbocycles. The number of non-ortho nitro benzene ring substituents is 1. The minimum absolute atomic E-state index is 0.0729. The maximum atomic E-state index is 10.8. The van der Waals surface area contributed by atoms with Gasteiger partial charge in [0.25, 0.3) is 5.69 Å². The molecule has 2 aliphatic rings. The fourth-order valence-corrected chi connectivity index (χ4v) is 3.99. The van der Waals surface area contributed by atoms with Crippen molar-refractivity contribution in [2.75, 3.05) is 11.9 Å². The first-order valence-electron chi connectivity index (χ1n) is 8.20. The van der Waals surface area contributed by atoms with E-state index in [1.807, 2.05) is 19.2 Å². The summed E-state index contributed by atoms with van der Waals surface area (Å²) in [5.41, 5.74) is 3.28. The van der Waals surface area contributed by atoms with E-state index in [0.717, 1.165) is 17.0 Å². The van der Waals surface area contributed by atoms with Crippen molar-refractivity contribution >= 4 is 17.1 Å². The van der Waals surface area contributed by atoms with Crippen LogP contribution in [0, 0.1) is 10.1 Å². The lowest BCUT2D eigenvalue weighted by Crippen LogP contribution is -2.54. The Morgan fingerprint density at radius 3 is 2.48 bits per heavy atom. The van der Waals surface area contributed by atoms with Gasteiger partial charge in [-0.25, -0.2) is 0 Å². The second kappa shape index (κ2) is 5.05. The van der Waals surface area contributed by atoms with Crippen LogP contribution in [0.1, 0.15) is 31.4 Å². The van der Waals surface area contributed by atoms with E-state index in [-0.39, 0.29) is 11.1 Å². The van der Waals surface area contributed by atoms with E-state index in [0.29, 0.717) is 6.42 Å². The number of nitrogens with zero attached hydrogens (tertiary/aromatic N) is 3. The van der Waals surface area contributed by atoms with Gasteiger partial charge in [0.15, 0.2) is 0 Å². The van der Waals surface area contributed by atoms with E-state index in [2.05, 4.69) is 36.0 Å². The molecule has 2 heterocycles. The van der Waals surface area contributed by atoms with Crippen molar-refractivity contribution in [2.24, 2.45) is 5.16 Å². The predicted molar refractivity (Wildman–Crippen MR) is 95.9 cm³/mol. The third-order valence-corrected chi connectivity index (χ3v) is 5.58. The molecule has 2 aromatic rings. The topological polar surface area (TPSA) is 68.0 Å². The Labute approximate surface area is 145 Å². The zero-order valence-electron chi connectivity index (χ0n) is 14.4. The molecule has 0 amide bonds. The minimum atomic E-state index is -0.589. The van der Waals surface area contributed by atoms with E-state index in [1.165, 1.54) is 17.7 Å². The minimum Gasteiger partial charge on any atom is -0.366 e. The molecule has 0 aliphatic carbocycles. The van der Waals surface area contributed by atoms with Crippen LogP contribution in [-0.4, -0.2) is 23.4 Å². The Morgan fingerprint density at radius 1 is 1.16 bits per heavy atom. The van der Waals surface area contributed by atoms with Crippen LogP contribution in [0.5, 0.6) is 0 Å². The molecule has 1 unspecified atom stereocenters. The molecule has 0 saturated carbocycles. The number of hydrogen-bond acceptors (Lipinski definition) is 5. The molecule has 25 heavy (non-hydrogen) atoms. The number of para-hydroxylation sites is 1. The molecule has 0 fully saturated rings. The molecule has 0 bridgehead atoms. The summed E-state index contributed by atoms with van der Waals surface area (Å²) in [5, 5.41) is 15.2. The first kappa shape index (κ1) is 15.6. The van der Waals surface area contributed by atoms with Gasteiger partial charge in [0, 0.05) is 30.4 Å². The van der Waals surface area contributed by atoms with Gasteiger partial charge >= 0.3 is 0 Å². The van der Waals surface area contributed by atoms with Crippen LogP contribution < -0.4 is 4.90 Å². The molecular formula is C19H19N3O3. The second-order valence-electron chi connectivity index (χ2n) is 7.10. The fourth-order valence-electron chi connectivity index (χ4n) is 3.99. The van der Waals surface area contributed by atoms with Gasteiger partial charge in [-0.15, -0.1) is 0 Å². The summed E-state index contributed by atoms with van der Waals surface area (Å²) in [5.74, 6) is 0.